The van der Waals surface area contributed by atoms with E-state index in [1.807, 2.05) is 4.57 Å². The van der Waals surface area contributed by atoms with Crippen molar-refractivity contribution in [3.05, 3.63) is 39.6 Å². The second-order valence-electron chi connectivity index (χ2n) is 7.50. The number of benzene rings is 1. The summed E-state index contributed by atoms with van der Waals surface area (Å²) in [6.45, 7) is 0.120. The molecule has 1 aromatic carbocycles. The van der Waals surface area contributed by atoms with Gasteiger partial charge in [0.2, 0.25) is 5.95 Å². The fraction of sp³-hybridized carbons (Fsp3) is 0.400. The lowest BCUT2D eigenvalue weighted by atomic mass is 10.1. The Bertz CT molecular complexity index is 1190. The van der Waals surface area contributed by atoms with Crippen molar-refractivity contribution in [1.82, 2.24) is 24.8 Å². The fourth-order valence-electron chi connectivity index (χ4n) is 3.11. The number of anilines is 2. The van der Waals surface area contributed by atoms with Crippen LogP contribution in [0.15, 0.2) is 18.5 Å². The molecule has 0 saturated heterocycles. The molecule has 0 fully saturated rings. The van der Waals surface area contributed by atoms with E-state index < -0.39 is 24.4 Å². The molecule has 2 aromatic heterocycles. The van der Waals surface area contributed by atoms with Gasteiger partial charge in [-0.3, -0.25) is 0 Å². The van der Waals surface area contributed by atoms with E-state index in [1.165, 1.54) is 0 Å². The number of halogens is 5. The number of aromatic nitrogens is 4. The lowest BCUT2D eigenvalue weighted by Gasteiger charge is -2.16. The minimum Gasteiger partial charge on any atom is -0.450 e. The van der Waals surface area contributed by atoms with Crippen LogP contribution in [0.25, 0.3) is 11.2 Å². The molecule has 184 valence electrons. The number of amides is 1. The number of unbranched alkanes of at least 4 members (excludes halogenated alkanes) is 1. The summed E-state index contributed by atoms with van der Waals surface area (Å²) in [6, 6.07) is 1.87. The summed E-state index contributed by atoms with van der Waals surface area (Å²) < 4.78 is 46.5. The molecule has 0 atom stereocenters. The van der Waals surface area contributed by atoms with E-state index in [-0.39, 0.29) is 28.0 Å². The maximum atomic E-state index is 13.2. The maximum absolute atomic E-state index is 13.2. The first-order valence-corrected chi connectivity index (χ1v) is 10.8. The van der Waals surface area contributed by atoms with Crippen LogP contribution in [0.1, 0.15) is 24.0 Å². The van der Waals surface area contributed by atoms with Gasteiger partial charge in [0.1, 0.15) is 5.52 Å². The van der Waals surface area contributed by atoms with Crippen LogP contribution in [0.4, 0.5) is 29.7 Å². The standard InChI is InChI=1S/C20H22Cl2F3N7O2/c1-31(2)18-29-16(26)15-17(30-18)32(10-28-15)7-3-4-8-34-19(33)27-9-11-12(20(23,24)25)5-6-13(21)14(11)22/h5-6,10H,3-4,7-9H2,1-2H3,(H,27,33)(H2,26,29,30). The van der Waals surface area contributed by atoms with Crippen molar-refractivity contribution in [3.63, 3.8) is 0 Å². The predicted molar refractivity (Wildman–Crippen MR) is 123 cm³/mol. The normalized spacial score (nSPS) is 11.6. The molecule has 3 N–H and O–H groups in total. The highest BCUT2D eigenvalue weighted by atomic mass is 35.5. The van der Waals surface area contributed by atoms with Crippen LogP contribution in [0.2, 0.25) is 10.0 Å². The van der Waals surface area contributed by atoms with E-state index >= 15 is 0 Å². The molecule has 0 aliphatic carbocycles. The number of carbonyl (C=O) groups is 1. The number of nitrogens with zero attached hydrogens (tertiary/aromatic N) is 5. The molecule has 0 unspecified atom stereocenters. The Morgan fingerprint density at radius 1 is 1.24 bits per heavy atom. The van der Waals surface area contributed by atoms with E-state index in [0.29, 0.717) is 36.5 Å². The number of fused-ring (bicyclic) bond motifs is 1. The number of ether oxygens (including phenoxy) is 1. The topological polar surface area (TPSA) is 111 Å². The highest BCUT2D eigenvalue weighted by Gasteiger charge is 2.34. The van der Waals surface area contributed by atoms with Crippen LogP contribution in [-0.4, -0.2) is 46.3 Å². The van der Waals surface area contributed by atoms with Gasteiger partial charge in [-0.05, 0) is 25.0 Å². The molecule has 3 rings (SSSR count). The third-order valence-electron chi connectivity index (χ3n) is 4.82. The number of rotatable bonds is 8. The van der Waals surface area contributed by atoms with Gasteiger partial charge in [-0.15, -0.1) is 0 Å². The summed E-state index contributed by atoms with van der Waals surface area (Å²) in [5.41, 5.74) is 5.73. The van der Waals surface area contributed by atoms with Crippen LogP contribution in [0, 0.1) is 0 Å². The van der Waals surface area contributed by atoms with E-state index in [4.69, 9.17) is 33.7 Å². The zero-order valence-electron chi connectivity index (χ0n) is 18.3. The maximum Gasteiger partial charge on any atom is 0.416 e. The Kier molecular flexibility index (Phi) is 7.93. The number of hydrogen-bond acceptors (Lipinski definition) is 7. The average Bonchev–Trinajstić information content (AvgIpc) is 3.17. The van der Waals surface area contributed by atoms with Crippen molar-refractivity contribution < 1.29 is 22.7 Å². The molecule has 2 heterocycles. The second-order valence-corrected chi connectivity index (χ2v) is 8.28. The van der Waals surface area contributed by atoms with E-state index in [0.717, 1.165) is 12.1 Å². The van der Waals surface area contributed by atoms with Crippen molar-refractivity contribution >= 4 is 52.2 Å². The van der Waals surface area contributed by atoms with Crippen LogP contribution in [0.3, 0.4) is 0 Å². The number of alkyl halides is 3. The number of imidazole rings is 1. The Morgan fingerprint density at radius 2 is 1.97 bits per heavy atom. The summed E-state index contributed by atoms with van der Waals surface area (Å²) in [4.78, 5) is 26.5. The largest absolute Gasteiger partial charge is 0.450 e. The minimum absolute atomic E-state index is 0.0448. The van der Waals surface area contributed by atoms with E-state index in [9.17, 15) is 18.0 Å². The molecule has 9 nitrogen and oxygen atoms in total. The summed E-state index contributed by atoms with van der Waals surface area (Å²) in [5, 5.41) is 1.96. The molecule has 0 radical (unpaired) electrons. The monoisotopic (exact) mass is 519 g/mol. The van der Waals surface area contributed by atoms with E-state index in [1.54, 1.807) is 25.3 Å². The quantitative estimate of drug-likeness (QED) is 0.421. The van der Waals surface area contributed by atoms with Crippen LogP contribution >= 0.6 is 23.2 Å². The Balaban J connectivity index is 1.50. The third kappa shape index (κ3) is 5.92. The zero-order valence-corrected chi connectivity index (χ0v) is 19.8. The van der Waals surface area contributed by atoms with Gasteiger partial charge in [-0.2, -0.15) is 23.1 Å². The fourth-order valence-corrected chi connectivity index (χ4v) is 3.52. The Morgan fingerprint density at radius 3 is 2.65 bits per heavy atom. The SMILES string of the molecule is CN(C)c1nc(N)c2ncn(CCCCOC(=O)NCc3c(C(F)(F)F)ccc(Cl)c3Cl)c2n1. The first-order valence-electron chi connectivity index (χ1n) is 10.1. The Labute approximate surface area is 203 Å². The highest BCUT2D eigenvalue weighted by Crippen LogP contribution is 2.38. The molecular weight excluding hydrogens is 498 g/mol. The lowest BCUT2D eigenvalue weighted by molar-refractivity contribution is -0.138. The number of carbonyl (C=O) groups excluding carboxylic acids is 1. The second kappa shape index (κ2) is 10.5. The molecule has 0 bridgehead atoms. The van der Waals surface area contributed by atoms with Gasteiger partial charge in [0.25, 0.3) is 0 Å². The van der Waals surface area contributed by atoms with Crippen LogP contribution < -0.4 is 16.0 Å². The molecule has 1 amide bonds. The zero-order chi connectivity index (χ0) is 25.0. The first kappa shape index (κ1) is 25.6. The van der Waals surface area contributed by atoms with Gasteiger partial charge in [0.15, 0.2) is 11.5 Å². The number of nitrogen functional groups attached to an aromatic ring is 1. The molecule has 0 aliphatic heterocycles. The smallest absolute Gasteiger partial charge is 0.416 e. The summed E-state index contributed by atoms with van der Waals surface area (Å²) in [5.74, 6) is 0.737. The number of aryl methyl sites for hydroxylation is 1. The number of nitrogens with one attached hydrogen (secondary N) is 1. The lowest BCUT2D eigenvalue weighted by Crippen LogP contribution is -2.26. The minimum atomic E-state index is -4.64. The molecule has 0 aliphatic rings. The van der Waals surface area contributed by atoms with Gasteiger partial charge in [-0.1, -0.05) is 23.2 Å². The van der Waals surface area contributed by atoms with Crippen molar-refractivity contribution in [2.24, 2.45) is 0 Å². The number of hydrogen-bond donors (Lipinski definition) is 2. The average molecular weight is 520 g/mol. The van der Waals surface area contributed by atoms with Crippen molar-refractivity contribution in [2.45, 2.75) is 32.1 Å². The third-order valence-corrected chi connectivity index (χ3v) is 5.66. The Hall–Kier alpha value is -2.99. The van der Waals surface area contributed by atoms with Crippen molar-refractivity contribution in [3.8, 4) is 0 Å². The van der Waals surface area contributed by atoms with Gasteiger partial charge in [0.05, 0.1) is 28.5 Å². The van der Waals surface area contributed by atoms with Gasteiger partial charge < -0.3 is 25.3 Å². The number of alkyl carbamates (subject to hydrolysis) is 1. The molecule has 14 heteroatoms. The highest BCUT2D eigenvalue weighted by molar-refractivity contribution is 6.42. The van der Waals surface area contributed by atoms with E-state index in [2.05, 4.69) is 20.3 Å². The molecule has 34 heavy (non-hydrogen) atoms. The summed E-state index contributed by atoms with van der Waals surface area (Å²) in [6.07, 6.45) is -2.78. The van der Waals surface area contributed by atoms with Gasteiger partial charge in [0, 0.05) is 32.7 Å². The van der Waals surface area contributed by atoms with Gasteiger partial charge >= 0.3 is 12.3 Å². The number of nitrogens with two attached hydrogens (primary N) is 1. The molecule has 0 saturated carbocycles. The summed E-state index contributed by atoms with van der Waals surface area (Å²) >= 11 is 11.7. The summed E-state index contributed by atoms with van der Waals surface area (Å²) in [7, 11) is 3.60. The van der Waals surface area contributed by atoms with Crippen LogP contribution in [-0.2, 0) is 24.0 Å². The predicted octanol–water partition coefficient (Wildman–Crippen LogP) is 4.51. The van der Waals surface area contributed by atoms with Crippen LogP contribution in [0.5, 0.6) is 0 Å². The molecule has 0 spiro atoms. The van der Waals surface area contributed by atoms with Crippen molar-refractivity contribution in [2.75, 3.05) is 31.3 Å². The first-order chi connectivity index (χ1) is 16.0. The van der Waals surface area contributed by atoms with Crippen molar-refractivity contribution in [1.29, 1.82) is 0 Å². The molecular formula is C20H22Cl2F3N7O2. The van der Waals surface area contributed by atoms with Gasteiger partial charge in [-0.25, -0.2) is 9.78 Å². The molecule has 3 aromatic rings.